The third-order valence-electron chi connectivity index (χ3n) is 3.72. The molecule has 2 rings (SSSR count). The lowest BCUT2D eigenvalue weighted by Gasteiger charge is -2.20. The molecule has 1 unspecified atom stereocenters. The lowest BCUT2D eigenvalue weighted by Crippen LogP contribution is -2.26. The Morgan fingerprint density at radius 2 is 2.10 bits per heavy atom. The highest BCUT2D eigenvalue weighted by Crippen LogP contribution is 2.27. The number of aryl methyl sites for hydroxylation is 3. The fraction of sp³-hybridized carbons (Fsp3) is 0.500. The van der Waals surface area contributed by atoms with Crippen LogP contribution >= 0.6 is 15.9 Å². The summed E-state index contributed by atoms with van der Waals surface area (Å²) >= 11 is 3.66. The molecule has 0 aliphatic heterocycles. The minimum absolute atomic E-state index is 0.254. The number of rotatable bonds is 6. The topological polar surface area (TPSA) is 42.7 Å². The molecule has 5 heteroatoms. The molecular weight excluding hydrogens is 328 g/mol. The number of aromatic nitrogens is 3. The number of hydrogen-bond acceptors (Lipinski definition) is 3. The van der Waals surface area contributed by atoms with Crippen molar-refractivity contribution in [1.82, 2.24) is 20.1 Å². The monoisotopic (exact) mass is 350 g/mol. The molecule has 0 radical (unpaired) electrons. The Morgan fingerprint density at radius 1 is 1.33 bits per heavy atom. The van der Waals surface area contributed by atoms with Gasteiger partial charge in [-0.1, -0.05) is 13.0 Å². The zero-order valence-electron chi connectivity index (χ0n) is 13.2. The first-order valence-electron chi connectivity index (χ1n) is 7.37. The van der Waals surface area contributed by atoms with E-state index in [-0.39, 0.29) is 6.04 Å². The van der Waals surface area contributed by atoms with Crippen LogP contribution in [0.4, 0.5) is 0 Å². The third-order valence-corrected chi connectivity index (χ3v) is 4.75. The van der Waals surface area contributed by atoms with Gasteiger partial charge in [0.1, 0.15) is 0 Å². The average molecular weight is 351 g/mol. The van der Waals surface area contributed by atoms with Gasteiger partial charge < -0.3 is 5.32 Å². The van der Waals surface area contributed by atoms with Crippen LogP contribution in [0.3, 0.4) is 0 Å². The summed E-state index contributed by atoms with van der Waals surface area (Å²) in [5.74, 6) is 0. The Kier molecular flexibility index (Phi) is 5.53. The SMILES string of the molecule is CCCNC(Cc1c(Br)c(C)nn1C)c1cccnc1C. The predicted octanol–water partition coefficient (Wildman–Crippen LogP) is 3.48. The van der Waals surface area contributed by atoms with E-state index in [0.29, 0.717) is 0 Å². The summed E-state index contributed by atoms with van der Waals surface area (Å²) in [5, 5.41) is 8.12. The van der Waals surface area contributed by atoms with E-state index in [1.165, 1.54) is 11.3 Å². The summed E-state index contributed by atoms with van der Waals surface area (Å²) in [7, 11) is 2.00. The maximum absolute atomic E-state index is 4.49. The molecule has 21 heavy (non-hydrogen) atoms. The average Bonchev–Trinajstić information content (AvgIpc) is 2.70. The van der Waals surface area contributed by atoms with Crippen molar-refractivity contribution in [3.63, 3.8) is 0 Å². The van der Waals surface area contributed by atoms with E-state index in [0.717, 1.165) is 35.2 Å². The van der Waals surface area contributed by atoms with Gasteiger partial charge in [0.25, 0.3) is 0 Å². The first-order valence-corrected chi connectivity index (χ1v) is 8.16. The second-order valence-corrected chi connectivity index (χ2v) is 6.15. The number of nitrogens with zero attached hydrogens (tertiary/aromatic N) is 3. The lowest BCUT2D eigenvalue weighted by atomic mass is 10.0. The molecule has 1 N–H and O–H groups in total. The number of nitrogens with one attached hydrogen (secondary N) is 1. The van der Waals surface area contributed by atoms with Gasteiger partial charge in [0.2, 0.25) is 0 Å². The van der Waals surface area contributed by atoms with Gasteiger partial charge in [-0.15, -0.1) is 0 Å². The zero-order valence-corrected chi connectivity index (χ0v) is 14.7. The van der Waals surface area contributed by atoms with Crippen LogP contribution in [0.25, 0.3) is 0 Å². The lowest BCUT2D eigenvalue weighted by molar-refractivity contribution is 0.508. The Balaban J connectivity index is 2.31. The maximum atomic E-state index is 4.49. The van der Waals surface area contributed by atoms with E-state index < -0.39 is 0 Å². The highest BCUT2D eigenvalue weighted by molar-refractivity contribution is 9.10. The standard InChI is InChI=1S/C16H23BrN4/c1-5-8-19-14(13-7-6-9-18-11(13)2)10-15-16(17)12(3)20-21(15)4/h6-7,9,14,19H,5,8,10H2,1-4H3. The van der Waals surface area contributed by atoms with Crippen LogP contribution in [0.15, 0.2) is 22.8 Å². The molecule has 2 aromatic heterocycles. The molecule has 0 spiro atoms. The van der Waals surface area contributed by atoms with Gasteiger partial charge in [-0.05, 0) is 54.4 Å². The van der Waals surface area contributed by atoms with Crippen LogP contribution < -0.4 is 5.32 Å². The van der Waals surface area contributed by atoms with Gasteiger partial charge in [0.15, 0.2) is 0 Å². The van der Waals surface area contributed by atoms with Crippen LogP contribution in [-0.4, -0.2) is 21.3 Å². The quantitative estimate of drug-likeness (QED) is 0.867. The summed E-state index contributed by atoms with van der Waals surface area (Å²) in [6.45, 7) is 7.27. The Hall–Kier alpha value is -1.20. The minimum atomic E-state index is 0.254. The summed E-state index contributed by atoms with van der Waals surface area (Å²) in [6.07, 6.45) is 3.85. The summed E-state index contributed by atoms with van der Waals surface area (Å²) in [4.78, 5) is 4.43. The fourth-order valence-corrected chi connectivity index (χ4v) is 3.07. The van der Waals surface area contributed by atoms with Crippen LogP contribution in [0.1, 0.15) is 42.0 Å². The minimum Gasteiger partial charge on any atom is -0.310 e. The van der Waals surface area contributed by atoms with E-state index in [2.05, 4.69) is 51.2 Å². The van der Waals surface area contributed by atoms with Crippen molar-refractivity contribution < 1.29 is 0 Å². The molecule has 2 heterocycles. The second kappa shape index (κ2) is 7.18. The molecule has 0 bridgehead atoms. The van der Waals surface area contributed by atoms with Gasteiger partial charge in [0.05, 0.1) is 15.9 Å². The maximum Gasteiger partial charge on any atom is 0.0738 e. The van der Waals surface area contributed by atoms with E-state index in [9.17, 15) is 0 Å². The van der Waals surface area contributed by atoms with E-state index in [1.54, 1.807) is 0 Å². The number of halogens is 1. The molecule has 0 aromatic carbocycles. The smallest absolute Gasteiger partial charge is 0.0738 e. The van der Waals surface area contributed by atoms with Gasteiger partial charge in [-0.2, -0.15) is 5.10 Å². The highest BCUT2D eigenvalue weighted by atomic mass is 79.9. The molecule has 114 valence electrons. The molecule has 0 aliphatic rings. The molecule has 0 amide bonds. The molecule has 4 nitrogen and oxygen atoms in total. The van der Waals surface area contributed by atoms with Crippen LogP contribution in [0.2, 0.25) is 0 Å². The normalized spacial score (nSPS) is 12.6. The predicted molar refractivity (Wildman–Crippen MR) is 89.4 cm³/mol. The first-order chi connectivity index (χ1) is 10.0. The molecule has 0 aliphatic carbocycles. The van der Waals surface area contributed by atoms with Gasteiger partial charge >= 0.3 is 0 Å². The van der Waals surface area contributed by atoms with Crippen molar-refractivity contribution >= 4 is 15.9 Å². The third kappa shape index (κ3) is 3.71. The van der Waals surface area contributed by atoms with Gasteiger partial charge in [0, 0.05) is 31.4 Å². The Morgan fingerprint density at radius 3 is 2.67 bits per heavy atom. The number of pyridine rings is 1. The second-order valence-electron chi connectivity index (χ2n) is 5.36. The van der Waals surface area contributed by atoms with Crippen molar-refractivity contribution in [2.75, 3.05) is 6.54 Å². The van der Waals surface area contributed by atoms with Crippen LogP contribution in [-0.2, 0) is 13.5 Å². The zero-order chi connectivity index (χ0) is 15.4. The van der Waals surface area contributed by atoms with Crippen molar-refractivity contribution in [1.29, 1.82) is 0 Å². The first kappa shape index (κ1) is 16.2. The highest BCUT2D eigenvalue weighted by Gasteiger charge is 2.19. The van der Waals surface area contributed by atoms with Crippen molar-refractivity contribution in [3.05, 3.63) is 45.4 Å². The van der Waals surface area contributed by atoms with E-state index in [4.69, 9.17) is 0 Å². The van der Waals surface area contributed by atoms with Crippen molar-refractivity contribution in [2.24, 2.45) is 7.05 Å². The molecule has 2 aromatic rings. The van der Waals surface area contributed by atoms with Crippen molar-refractivity contribution in [3.8, 4) is 0 Å². The molecular formula is C16H23BrN4. The summed E-state index contributed by atoms with van der Waals surface area (Å²) < 4.78 is 3.07. The largest absolute Gasteiger partial charge is 0.310 e. The Labute approximate surface area is 135 Å². The molecule has 0 saturated heterocycles. The van der Waals surface area contributed by atoms with Crippen LogP contribution in [0, 0.1) is 13.8 Å². The Bertz CT molecular complexity index is 606. The number of hydrogen-bond donors (Lipinski definition) is 1. The van der Waals surface area contributed by atoms with Gasteiger partial charge in [-0.25, -0.2) is 0 Å². The van der Waals surface area contributed by atoms with Crippen molar-refractivity contribution in [2.45, 2.75) is 39.7 Å². The summed E-state index contributed by atoms with van der Waals surface area (Å²) in [6, 6.07) is 4.42. The fourth-order valence-electron chi connectivity index (χ4n) is 2.57. The van der Waals surface area contributed by atoms with E-state index in [1.807, 2.05) is 30.9 Å². The van der Waals surface area contributed by atoms with E-state index >= 15 is 0 Å². The molecule has 0 fully saturated rings. The molecule has 1 atom stereocenters. The molecule has 0 saturated carbocycles. The summed E-state index contributed by atoms with van der Waals surface area (Å²) in [5.41, 5.74) is 4.59. The van der Waals surface area contributed by atoms with Gasteiger partial charge in [-0.3, -0.25) is 9.67 Å². The van der Waals surface area contributed by atoms with Crippen LogP contribution in [0.5, 0.6) is 0 Å².